The van der Waals surface area contributed by atoms with E-state index in [4.69, 9.17) is 10.5 Å². The fourth-order valence-corrected chi connectivity index (χ4v) is 2.29. The number of hydrogen-bond donors (Lipinski definition) is 1. The molecule has 1 rings (SSSR count). The molecule has 0 radical (unpaired) electrons. The molecule has 0 heterocycles. The van der Waals surface area contributed by atoms with Gasteiger partial charge in [0.05, 0.1) is 5.60 Å². The first-order chi connectivity index (χ1) is 5.72. The van der Waals surface area contributed by atoms with Crippen LogP contribution in [0.3, 0.4) is 0 Å². The normalized spacial score (nSPS) is 36.8. The molecule has 0 aromatic carbocycles. The third-order valence-electron chi connectivity index (χ3n) is 2.87. The van der Waals surface area contributed by atoms with Crippen molar-refractivity contribution in [3.05, 3.63) is 0 Å². The molecule has 2 nitrogen and oxygen atoms in total. The van der Waals surface area contributed by atoms with Crippen molar-refractivity contribution in [3.63, 3.8) is 0 Å². The van der Waals surface area contributed by atoms with Gasteiger partial charge in [-0.3, -0.25) is 0 Å². The summed E-state index contributed by atoms with van der Waals surface area (Å²) in [7, 11) is 0. The van der Waals surface area contributed by atoms with Crippen LogP contribution in [0.15, 0.2) is 0 Å². The third kappa shape index (κ3) is 2.20. The van der Waals surface area contributed by atoms with E-state index >= 15 is 0 Å². The molecule has 1 saturated carbocycles. The van der Waals surface area contributed by atoms with Gasteiger partial charge >= 0.3 is 0 Å². The average Bonchev–Trinajstić information content (AvgIpc) is 2.05. The second-order valence-electron chi connectivity index (χ2n) is 4.02. The van der Waals surface area contributed by atoms with Gasteiger partial charge in [-0.1, -0.05) is 19.8 Å². The fourth-order valence-electron chi connectivity index (χ4n) is 2.29. The van der Waals surface area contributed by atoms with E-state index in [9.17, 15) is 0 Å². The van der Waals surface area contributed by atoms with Gasteiger partial charge in [0.2, 0.25) is 0 Å². The highest BCUT2D eigenvalue weighted by Crippen LogP contribution is 2.34. The molecule has 2 unspecified atom stereocenters. The molecule has 2 heteroatoms. The van der Waals surface area contributed by atoms with Crippen LogP contribution < -0.4 is 5.73 Å². The summed E-state index contributed by atoms with van der Waals surface area (Å²) in [6.07, 6.45) is 4.92. The van der Waals surface area contributed by atoms with Gasteiger partial charge < -0.3 is 10.5 Å². The Morgan fingerprint density at radius 2 is 2.33 bits per heavy atom. The summed E-state index contributed by atoms with van der Waals surface area (Å²) < 4.78 is 5.76. The maximum absolute atomic E-state index is 5.76. The maximum atomic E-state index is 5.76. The molecular formula is C10H21NO. The largest absolute Gasteiger partial charge is 0.374 e. The first kappa shape index (κ1) is 10.0. The van der Waals surface area contributed by atoms with E-state index in [1.807, 2.05) is 0 Å². The molecule has 2 atom stereocenters. The average molecular weight is 171 g/mol. The second-order valence-corrected chi connectivity index (χ2v) is 4.02. The van der Waals surface area contributed by atoms with E-state index < -0.39 is 0 Å². The van der Waals surface area contributed by atoms with Gasteiger partial charge in [0, 0.05) is 13.2 Å². The smallest absolute Gasteiger partial charge is 0.0806 e. The summed E-state index contributed by atoms with van der Waals surface area (Å²) in [5.74, 6) is 0.786. The van der Waals surface area contributed by atoms with Gasteiger partial charge in [-0.2, -0.15) is 0 Å². The Kier molecular flexibility index (Phi) is 3.53. The SMILES string of the molecule is CCOC1(CN)CCCC(C)C1. The van der Waals surface area contributed by atoms with Crippen molar-refractivity contribution in [1.82, 2.24) is 0 Å². The number of rotatable bonds is 3. The Bertz CT molecular complexity index is 134. The van der Waals surface area contributed by atoms with Crippen LogP contribution in [0.25, 0.3) is 0 Å². The molecule has 0 aromatic rings. The molecule has 1 aliphatic carbocycles. The van der Waals surface area contributed by atoms with Crippen LogP contribution in [0.1, 0.15) is 39.5 Å². The van der Waals surface area contributed by atoms with Gasteiger partial charge in [-0.25, -0.2) is 0 Å². The molecule has 1 fully saturated rings. The number of hydrogen-bond acceptors (Lipinski definition) is 2. The maximum Gasteiger partial charge on any atom is 0.0806 e. The van der Waals surface area contributed by atoms with Crippen molar-refractivity contribution >= 4 is 0 Å². The zero-order valence-corrected chi connectivity index (χ0v) is 8.31. The fraction of sp³-hybridized carbons (Fsp3) is 1.00. The van der Waals surface area contributed by atoms with Gasteiger partial charge in [-0.15, -0.1) is 0 Å². The van der Waals surface area contributed by atoms with Crippen LogP contribution in [-0.4, -0.2) is 18.8 Å². The van der Waals surface area contributed by atoms with Crippen LogP contribution in [0, 0.1) is 5.92 Å². The Hall–Kier alpha value is -0.0800. The van der Waals surface area contributed by atoms with E-state index in [0.29, 0.717) is 6.54 Å². The highest BCUT2D eigenvalue weighted by Gasteiger charge is 2.33. The van der Waals surface area contributed by atoms with Crippen LogP contribution in [0.5, 0.6) is 0 Å². The molecule has 72 valence electrons. The Morgan fingerprint density at radius 1 is 1.58 bits per heavy atom. The summed E-state index contributed by atoms with van der Waals surface area (Å²) in [5.41, 5.74) is 5.78. The second kappa shape index (κ2) is 4.24. The van der Waals surface area contributed by atoms with Gasteiger partial charge in [0.15, 0.2) is 0 Å². The summed E-state index contributed by atoms with van der Waals surface area (Å²) in [4.78, 5) is 0. The van der Waals surface area contributed by atoms with E-state index in [1.165, 1.54) is 12.8 Å². The predicted molar refractivity (Wildman–Crippen MR) is 51.0 cm³/mol. The number of ether oxygens (including phenoxy) is 1. The van der Waals surface area contributed by atoms with Crippen molar-refractivity contribution in [2.24, 2.45) is 11.7 Å². The zero-order valence-electron chi connectivity index (χ0n) is 8.31. The molecule has 0 aliphatic heterocycles. The summed E-state index contributed by atoms with van der Waals surface area (Å²) >= 11 is 0. The Morgan fingerprint density at radius 3 is 2.83 bits per heavy atom. The highest BCUT2D eigenvalue weighted by molar-refractivity contribution is 4.87. The molecule has 0 bridgehead atoms. The van der Waals surface area contributed by atoms with Gasteiger partial charge in [0.1, 0.15) is 0 Å². The first-order valence-corrected chi connectivity index (χ1v) is 5.06. The predicted octanol–water partition coefficient (Wildman–Crippen LogP) is 1.93. The quantitative estimate of drug-likeness (QED) is 0.704. The van der Waals surface area contributed by atoms with Crippen molar-refractivity contribution in [1.29, 1.82) is 0 Å². The monoisotopic (exact) mass is 171 g/mol. The van der Waals surface area contributed by atoms with Crippen LogP contribution in [-0.2, 0) is 4.74 Å². The van der Waals surface area contributed by atoms with Crippen LogP contribution in [0.2, 0.25) is 0 Å². The standard InChI is InChI=1S/C10H21NO/c1-3-12-10(8-11)6-4-5-9(2)7-10/h9H,3-8,11H2,1-2H3. The summed E-state index contributed by atoms with van der Waals surface area (Å²) in [5, 5.41) is 0. The highest BCUT2D eigenvalue weighted by atomic mass is 16.5. The molecule has 12 heavy (non-hydrogen) atoms. The van der Waals surface area contributed by atoms with Crippen LogP contribution >= 0.6 is 0 Å². The van der Waals surface area contributed by atoms with Crippen molar-refractivity contribution in [2.45, 2.75) is 45.1 Å². The summed E-state index contributed by atoms with van der Waals surface area (Å²) in [6, 6.07) is 0. The Labute approximate surface area is 75.5 Å². The summed E-state index contributed by atoms with van der Waals surface area (Å²) in [6.45, 7) is 5.83. The van der Waals surface area contributed by atoms with Crippen molar-refractivity contribution in [2.75, 3.05) is 13.2 Å². The molecular weight excluding hydrogens is 150 g/mol. The minimum absolute atomic E-state index is 0.0203. The molecule has 0 saturated heterocycles. The minimum atomic E-state index is 0.0203. The molecule has 0 amide bonds. The van der Waals surface area contributed by atoms with Gasteiger partial charge in [-0.05, 0) is 25.7 Å². The van der Waals surface area contributed by atoms with Crippen LogP contribution in [0.4, 0.5) is 0 Å². The molecule has 0 aromatic heterocycles. The molecule has 0 spiro atoms. The zero-order chi connectivity index (χ0) is 9.03. The van der Waals surface area contributed by atoms with E-state index in [-0.39, 0.29) is 5.60 Å². The minimum Gasteiger partial charge on any atom is -0.374 e. The lowest BCUT2D eigenvalue weighted by Gasteiger charge is -2.38. The topological polar surface area (TPSA) is 35.2 Å². The first-order valence-electron chi connectivity index (χ1n) is 5.06. The van der Waals surface area contributed by atoms with E-state index in [1.54, 1.807) is 0 Å². The lowest BCUT2D eigenvalue weighted by Crippen LogP contribution is -2.44. The van der Waals surface area contributed by atoms with Crippen molar-refractivity contribution in [3.8, 4) is 0 Å². The number of nitrogens with two attached hydrogens (primary N) is 1. The Balaban J connectivity index is 2.51. The van der Waals surface area contributed by atoms with E-state index in [2.05, 4.69) is 13.8 Å². The van der Waals surface area contributed by atoms with E-state index in [0.717, 1.165) is 25.4 Å². The molecule has 1 aliphatic rings. The molecule has 2 N–H and O–H groups in total. The third-order valence-corrected chi connectivity index (χ3v) is 2.87. The van der Waals surface area contributed by atoms with Crippen molar-refractivity contribution < 1.29 is 4.74 Å². The lowest BCUT2D eigenvalue weighted by atomic mass is 9.79. The lowest BCUT2D eigenvalue weighted by molar-refractivity contribution is -0.0688. The van der Waals surface area contributed by atoms with Gasteiger partial charge in [0.25, 0.3) is 0 Å².